The average Bonchev–Trinajstić information content (AvgIpc) is 3.39. The predicted molar refractivity (Wildman–Crippen MR) is 129 cm³/mol. The fraction of sp³-hybridized carbons (Fsp3) is 1.00. The molecule has 6 aliphatic rings. The quantitative estimate of drug-likeness (QED) is 0.418. The number of aliphatic hydroxyl groups is 1. The van der Waals surface area contributed by atoms with Gasteiger partial charge >= 0.3 is 0 Å². The summed E-state index contributed by atoms with van der Waals surface area (Å²) in [6.45, 7) is 18.2. The van der Waals surface area contributed by atoms with E-state index < -0.39 is 0 Å². The molecule has 0 aromatic heterocycles. The molecule has 6 saturated carbocycles. The van der Waals surface area contributed by atoms with Crippen molar-refractivity contribution in [3.05, 3.63) is 0 Å². The van der Waals surface area contributed by atoms with Crippen LogP contribution in [0.2, 0.25) is 0 Å². The maximum Gasteiger partial charge on any atom is 0.0594 e. The molecule has 0 amide bonds. The average molecular weight is 427 g/mol. The molecule has 0 aromatic rings. The molecule has 1 heteroatoms. The second kappa shape index (κ2) is 5.95. The van der Waals surface area contributed by atoms with Crippen LogP contribution in [0.5, 0.6) is 0 Å². The highest BCUT2D eigenvalue weighted by molar-refractivity contribution is 5.32. The molecule has 0 aromatic carbocycles. The van der Waals surface area contributed by atoms with Crippen LogP contribution in [0, 0.1) is 62.1 Å². The van der Waals surface area contributed by atoms with E-state index in [1.165, 1.54) is 57.8 Å². The highest BCUT2D eigenvalue weighted by atomic mass is 16.3. The standard InChI is InChI=1S/C30H50O/c1-19-8-12-26(5)16-17-30-18-29(30,24(26)20(19)2)15-10-22-27(6)13-11-23(31)25(3,4)21(27)9-14-28(22,30)7/h19-24,31H,8-18H2,1-7H3/t19-,20-,21+,22+,23+,24+,26-,27+,28+,29-,30-/m1/s1. The van der Waals surface area contributed by atoms with Crippen molar-refractivity contribution in [3.63, 3.8) is 0 Å². The van der Waals surface area contributed by atoms with Crippen molar-refractivity contribution in [1.82, 2.24) is 0 Å². The van der Waals surface area contributed by atoms with E-state index in [1.54, 1.807) is 6.42 Å². The van der Waals surface area contributed by atoms with Crippen LogP contribution in [0.1, 0.15) is 119 Å². The minimum Gasteiger partial charge on any atom is -0.393 e. The van der Waals surface area contributed by atoms with Crippen LogP contribution in [-0.2, 0) is 0 Å². The van der Waals surface area contributed by atoms with E-state index >= 15 is 0 Å². The molecule has 0 heterocycles. The lowest BCUT2D eigenvalue weighted by atomic mass is 9.35. The summed E-state index contributed by atoms with van der Waals surface area (Å²) in [5, 5.41) is 10.9. The third-order valence-corrected chi connectivity index (χ3v) is 14.5. The van der Waals surface area contributed by atoms with Gasteiger partial charge in [0.2, 0.25) is 0 Å². The van der Waals surface area contributed by atoms with Crippen LogP contribution in [0.25, 0.3) is 0 Å². The molecule has 6 fully saturated rings. The zero-order valence-electron chi connectivity index (χ0n) is 21.7. The van der Waals surface area contributed by atoms with Crippen LogP contribution in [-0.4, -0.2) is 11.2 Å². The minimum atomic E-state index is -0.100. The molecule has 0 bridgehead atoms. The van der Waals surface area contributed by atoms with Gasteiger partial charge in [-0.05, 0) is 133 Å². The van der Waals surface area contributed by atoms with Crippen molar-refractivity contribution < 1.29 is 5.11 Å². The molecule has 31 heavy (non-hydrogen) atoms. The summed E-state index contributed by atoms with van der Waals surface area (Å²) in [4.78, 5) is 0. The van der Waals surface area contributed by atoms with Gasteiger partial charge in [0.05, 0.1) is 6.10 Å². The third-order valence-electron chi connectivity index (χ3n) is 14.5. The minimum absolute atomic E-state index is 0.0858. The lowest BCUT2D eigenvalue weighted by Gasteiger charge is -2.70. The highest BCUT2D eigenvalue weighted by Crippen LogP contribution is 2.91. The summed E-state index contributed by atoms with van der Waals surface area (Å²) < 4.78 is 0. The lowest BCUT2D eigenvalue weighted by Crippen LogP contribution is -2.64. The van der Waals surface area contributed by atoms with Gasteiger partial charge in [-0.1, -0.05) is 48.5 Å². The SMILES string of the molecule is C[C@@H]1[C@H](C)CC[C@]2(C)CC[C@]34C[C@]3(CC[C@H]3[C@@]5(C)CC[C@H](O)C(C)(C)[C@@H]5CC[C@@]34C)[C@@H]12. The lowest BCUT2D eigenvalue weighted by molar-refractivity contribution is -0.223. The zero-order valence-corrected chi connectivity index (χ0v) is 21.7. The number of fused-ring (bicyclic) bond motifs is 4. The smallest absolute Gasteiger partial charge is 0.0594 e. The Morgan fingerprint density at radius 2 is 1.42 bits per heavy atom. The van der Waals surface area contributed by atoms with E-state index in [9.17, 15) is 5.11 Å². The maximum atomic E-state index is 10.9. The summed E-state index contributed by atoms with van der Waals surface area (Å²) >= 11 is 0. The Morgan fingerprint density at radius 1 is 0.710 bits per heavy atom. The van der Waals surface area contributed by atoms with Crippen LogP contribution in [0.15, 0.2) is 0 Å². The number of hydrogen-bond acceptors (Lipinski definition) is 1. The van der Waals surface area contributed by atoms with E-state index in [2.05, 4.69) is 48.5 Å². The molecule has 0 spiro atoms. The number of aliphatic hydroxyl groups excluding tert-OH is 1. The topological polar surface area (TPSA) is 20.2 Å². The molecule has 0 saturated heterocycles. The highest BCUT2D eigenvalue weighted by Gasteiger charge is 2.84. The summed E-state index contributed by atoms with van der Waals surface area (Å²) in [7, 11) is 0. The van der Waals surface area contributed by atoms with Gasteiger partial charge in [-0.2, -0.15) is 0 Å². The Bertz CT molecular complexity index is 785. The van der Waals surface area contributed by atoms with Crippen molar-refractivity contribution in [2.45, 2.75) is 125 Å². The molecule has 6 rings (SSSR count). The molecule has 176 valence electrons. The molecule has 1 N–H and O–H groups in total. The second-order valence-corrected chi connectivity index (χ2v) is 15.4. The number of rotatable bonds is 0. The molecular formula is C30H50O. The fourth-order valence-electron chi connectivity index (χ4n) is 12.8. The largest absolute Gasteiger partial charge is 0.393 e. The first-order valence-corrected chi connectivity index (χ1v) is 14.1. The fourth-order valence-corrected chi connectivity index (χ4v) is 12.8. The van der Waals surface area contributed by atoms with E-state index in [0.717, 1.165) is 30.1 Å². The van der Waals surface area contributed by atoms with Gasteiger partial charge in [-0.3, -0.25) is 0 Å². The van der Waals surface area contributed by atoms with E-state index in [-0.39, 0.29) is 11.5 Å². The van der Waals surface area contributed by atoms with Gasteiger partial charge in [-0.25, -0.2) is 0 Å². The normalized spacial score (nSPS) is 64.3. The summed E-state index contributed by atoms with van der Waals surface area (Å²) in [6, 6.07) is 0. The third kappa shape index (κ3) is 2.21. The van der Waals surface area contributed by atoms with Crippen LogP contribution >= 0.6 is 0 Å². The number of hydrogen-bond donors (Lipinski definition) is 1. The molecule has 0 unspecified atom stereocenters. The Balaban J connectivity index is 1.40. The first-order chi connectivity index (χ1) is 14.4. The predicted octanol–water partition coefficient (Wildman–Crippen LogP) is 7.86. The van der Waals surface area contributed by atoms with Crippen LogP contribution in [0.3, 0.4) is 0 Å². The van der Waals surface area contributed by atoms with E-state index in [4.69, 9.17) is 0 Å². The molecular weight excluding hydrogens is 376 g/mol. The second-order valence-electron chi connectivity index (χ2n) is 15.4. The van der Waals surface area contributed by atoms with Crippen molar-refractivity contribution in [2.24, 2.45) is 62.1 Å². The van der Waals surface area contributed by atoms with Crippen molar-refractivity contribution in [1.29, 1.82) is 0 Å². The van der Waals surface area contributed by atoms with Gasteiger partial charge in [0.25, 0.3) is 0 Å². The van der Waals surface area contributed by atoms with Crippen molar-refractivity contribution >= 4 is 0 Å². The molecule has 11 atom stereocenters. The zero-order chi connectivity index (χ0) is 22.2. The van der Waals surface area contributed by atoms with Crippen LogP contribution in [0.4, 0.5) is 0 Å². The van der Waals surface area contributed by atoms with E-state index in [1.807, 2.05) is 0 Å². The Hall–Kier alpha value is -0.0400. The first-order valence-electron chi connectivity index (χ1n) is 14.1. The summed E-state index contributed by atoms with van der Waals surface area (Å²) in [5.74, 6) is 4.39. The Morgan fingerprint density at radius 3 is 2.16 bits per heavy atom. The Labute approximate surface area is 192 Å². The maximum absolute atomic E-state index is 10.9. The van der Waals surface area contributed by atoms with Gasteiger partial charge in [0.1, 0.15) is 0 Å². The van der Waals surface area contributed by atoms with Crippen LogP contribution < -0.4 is 0 Å². The van der Waals surface area contributed by atoms with Crippen molar-refractivity contribution in [3.8, 4) is 0 Å². The first kappa shape index (κ1) is 21.5. The van der Waals surface area contributed by atoms with Gasteiger partial charge in [0.15, 0.2) is 0 Å². The van der Waals surface area contributed by atoms with E-state index in [0.29, 0.717) is 33.0 Å². The van der Waals surface area contributed by atoms with Gasteiger partial charge in [-0.15, -0.1) is 0 Å². The van der Waals surface area contributed by atoms with Gasteiger partial charge < -0.3 is 5.11 Å². The molecule has 0 aliphatic heterocycles. The van der Waals surface area contributed by atoms with Gasteiger partial charge in [0, 0.05) is 0 Å². The molecule has 6 aliphatic carbocycles. The Kier molecular flexibility index (Phi) is 4.13. The molecule has 1 nitrogen and oxygen atoms in total. The monoisotopic (exact) mass is 426 g/mol. The summed E-state index contributed by atoms with van der Waals surface area (Å²) in [5.41, 5.74) is 3.00. The molecule has 0 radical (unpaired) electrons. The summed E-state index contributed by atoms with van der Waals surface area (Å²) in [6.07, 6.45) is 15.5. The van der Waals surface area contributed by atoms with Crippen molar-refractivity contribution in [2.75, 3.05) is 0 Å².